The Kier molecular flexibility index (Phi) is 10.5. The van der Waals surface area contributed by atoms with Crippen LogP contribution in [-0.2, 0) is 37.8 Å². The molecule has 5 rings (SSSR count). The summed E-state index contributed by atoms with van der Waals surface area (Å²) in [5, 5.41) is 3.93. The minimum absolute atomic E-state index is 0.0292. The molecule has 6 atom stereocenters. The highest BCUT2D eigenvalue weighted by atomic mass is 35.5. The van der Waals surface area contributed by atoms with Crippen molar-refractivity contribution in [1.29, 1.82) is 0 Å². The SMILES string of the molecule is C[C@@H]1CC(c2ccc(Cl)cc2)([C@H](N)C(=O)Cc2cccc(F)c2CC[C@H]2CNC[C@H](C)N2S(=O)(=O)c2ccccc2)C[C@H](C)O1. The van der Waals surface area contributed by atoms with Gasteiger partial charge >= 0.3 is 0 Å². The van der Waals surface area contributed by atoms with Gasteiger partial charge in [0, 0.05) is 42.0 Å². The Hall–Kier alpha value is -2.66. The zero-order valence-electron chi connectivity index (χ0n) is 26.1. The number of ketones is 1. The third-order valence-corrected chi connectivity index (χ3v) is 11.7. The topological polar surface area (TPSA) is 102 Å². The number of rotatable bonds is 10. The van der Waals surface area contributed by atoms with Gasteiger partial charge < -0.3 is 15.8 Å². The van der Waals surface area contributed by atoms with E-state index in [0.29, 0.717) is 48.5 Å². The number of halogens is 2. The van der Waals surface area contributed by atoms with Gasteiger partial charge in [-0.1, -0.05) is 54.1 Å². The quantitative estimate of drug-likeness (QED) is 0.302. The van der Waals surface area contributed by atoms with Gasteiger partial charge in [0.05, 0.1) is 23.1 Å². The molecule has 0 bridgehead atoms. The summed E-state index contributed by atoms with van der Waals surface area (Å²) >= 11 is 6.20. The van der Waals surface area contributed by atoms with Gasteiger partial charge in [0.1, 0.15) is 5.82 Å². The number of nitrogens with one attached hydrogen (secondary N) is 1. The van der Waals surface area contributed by atoms with Crippen LogP contribution in [0.5, 0.6) is 0 Å². The molecular weight excluding hydrogens is 613 g/mol. The van der Waals surface area contributed by atoms with Crippen LogP contribution in [0.2, 0.25) is 5.02 Å². The van der Waals surface area contributed by atoms with Crippen LogP contribution >= 0.6 is 11.6 Å². The second-order valence-electron chi connectivity index (χ2n) is 12.7. The van der Waals surface area contributed by atoms with Gasteiger partial charge in [-0.15, -0.1) is 0 Å². The number of nitrogens with two attached hydrogens (primary N) is 1. The molecule has 0 radical (unpaired) electrons. The fraction of sp³-hybridized carbons (Fsp3) is 0.457. The number of carbonyl (C=O) groups excluding carboxylic acids is 1. The lowest BCUT2D eigenvalue weighted by molar-refractivity contribution is -0.125. The van der Waals surface area contributed by atoms with E-state index in [4.69, 9.17) is 22.1 Å². The molecule has 0 amide bonds. The van der Waals surface area contributed by atoms with Crippen molar-refractivity contribution in [3.8, 4) is 0 Å². The van der Waals surface area contributed by atoms with E-state index in [1.165, 1.54) is 6.07 Å². The standard InChI is InChI=1S/C35H43ClFN3O4S/c1-23-21-39-22-29(40(23)45(42,43)30-9-5-4-6-10-30)16-17-31-26(8-7-11-32(31)37)18-33(41)34(38)35(19-24(2)44-25(3)20-35)27-12-14-28(36)15-13-27/h4-15,23-25,29,34,39H,16-22,38H2,1-3H3/t23-,24-,25+,29-,34+,35?/m0/s1. The van der Waals surface area contributed by atoms with Gasteiger partial charge in [0.2, 0.25) is 10.0 Å². The molecule has 3 aromatic carbocycles. The molecule has 2 aliphatic heterocycles. The number of ether oxygens (including phenoxy) is 1. The Labute approximate surface area is 271 Å². The average molecular weight is 656 g/mol. The largest absolute Gasteiger partial charge is 0.375 e. The lowest BCUT2D eigenvalue weighted by atomic mass is 9.64. The molecule has 3 aromatic rings. The smallest absolute Gasteiger partial charge is 0.243 e. The van der Waals surface area contributed by atoms with Crippen LogP contribution in [0.3, 0.4) is 0 Å². The maximum atomic E-state index is 15.4. The monoisotopic (exact) mass is 655 g/mol. The molecule has 2 saturated heterocycles. The van der Waals surface area contributed by atoms with Gasteiger partial charge in [-0.3, -0.25) is 4.79 Å². The molecule has 1 unspecified atom stereocenters. The van der Waals surface area contributed by atoms with Crippen molar-refractivity contribution in [2.45, 2.75) is 93.5 Å². The van der Waals surface area contributed by atoms with E-state index in [-0.39, 0.29) is 47.8 Å². The first-order valence-electron chi connectivity index (χ1n) is 15.7. The summed E-state index contributed by atoms with van der Waals surface area (Å²) in [6.07, 6.45) is 1.57. The van der Waals surface area contributed by atoms with E-state index < -0.39 is 27.3 Å². The van der Waals surface area contributed by atoms with Gasteiger partial charge in [-0.05, 0) is 93.5 Å². The number of nitrogens with zero attached hydrogens (tertiary/aromatic N) is 1. The summed E-state index contributed by atoms with van der Waals surface area (Å²) in [5.74, 6) is -0.594. The normalized spacial score (nSPS) is 26.8. The number of benzene rings is 3. The summed E-state index contributed by atoms with van der Waals surface area (Å²) < 4.78 is 50.4. The van der Waals surface area contributed by atoms with Crippen molar-refractivity contribution < 1.29 is 22.3 Å². The van der Waals surface area contributed by atoms with Gasteiger partial charge in [0.25, 0.3) is 0 Å². The Morgan fingerprint density at radius 3 is 2.36 bits per heavy atom. The molecule has 45 heavy (non-hydrogen) atoms. The third-order valence-electron chi connectivity index (χ3n) is 9.37. The van der Waals surface area contributed by atoms with E-state index >= 15 is 4.39 Å². The summed E-state index contributed by atoms with van der Waals surface area (Å²) in [6, 6.07) is 19.1. The van der Waals surface area contributed by atoms with E-state index in [1.54, 1.807) is 46.8 Å². The number of piperazine rings is 1. The molecule has 2 fully saturated rings. The van der Waals surface area contributed by atoms with Crippen molar-refractivity contribution >= 4 is 27.4 Å². The van der Waals surface area contributed by atoms with Crippen LogP contribution in [-0.4, -0.2) is 61.9 Å². The lowest BCUT2D eigenvalue weighted by Crippen LogP contribution is -2.58. The zero-order chi connectivity index (χ0) is 32.4. The second kappa shape index (κ2) is 14.0. The van der Waals surface area contributed by atoms with Crippen molar-refractivity contribution in [2.24, 2.45) is 5.73 Å². The van der Waals surface area contributed by atoms with Gasteiger partial charge in [0.15, 0.2) is 5.78 Å². The highest BCUT2D eigenvalue weighted by Gasteiger charge is 2.47. The first-order valence-corrected chi connectivity index (χ1v) is 17.5. The minimum atomic E-state index is -3.76. The van der Waals surface area contributed by atoms with Crippen LogP contribution < -0.4 is 11.1 Å². The Bertz CT molecular complexity index is 1580. The first kappa shape index (κ1) is 33.7. The Morgan fingerprint density at radius 1 is 1.02 bits per heavy atom. The number of sulfonamides is 1. The fourth-order valence-corrected chi connectivity index (χ4v) is 9.39. The summed E-state index contributed by atoms with van der Waals surface area (Å²) in [5.41, 5.74) is 8.14. The number of carbonyl (C=O) groups is 1. The van der Waals surface area contributed by atoms with Crippen LogP contribution in [0.25, 0.3) is 0 Å². The van der Waals surface area contributed by atoms with Crippen LogP contribution in [0.1, 0.15) is 56.7 Å². The third kappa shape index (κ3) is 7.19. The number of Topliss-reactive ketones (excluding diaryl/α,β-unsaturated/α-hetero) is 1. The molecular formula is C35H43ClFN3O4S. The average Bonchev–Trinajstić information content (AvgIpc) is 3.00. The minimum Gasteiger partial charge on any atom is -0.375 e. The fourth-order valence-electron chi connectivity index (χ4n) is 7.39. The molecule has 0 spiro atoms. The van der Waals surface area contributed by atoms with Crippen molar-refractivity contribution in [3.63, 3.8) is 0 Å². The highest BCUT2D eigenvalue weighted by molar-refractivity contribution is 7.89. The predicted octanol–water partition coefficient (Wildman–Crippen LogP) is 5.43. The van der Waals surface area contributed by atoms with E-state index in [1.807, 2.05) is 45.0 Å². The van der Waals surface area contributed by atoms with Crippen molar-refractivity contribution in [2.75, 3.05) is 13.1 Å². The predicted molar refractivity (Wildman–Crippen MR) is 175 cm³/mol. The molecule has 10 heteroatoms. The highest BCUT2D eigenvalue weighted by Crippen LogP contribution is 2.43. The molecule has 0 saturated carbocycles. The molecule has 2 aliphatic rings. The maximum absolute atomic E-state index is 15.4. The van der Waals surface area contributed by atoms with E-state index in [9.17, 15) is 13.2 Å². The Morgan fingerprint density at radius 2 is 1.69 bits per heavy atom. The van der Waals surface area contributed by atoms with Crippen molar-refractivity contribution in [1.82, 2.24) is 9.62 Å². The number of hydrogen-bond donors (Lipinski definition) is 2. The molecule has 242 valence electrons. The molecule has 0 aliphatic carbocycles. The van der Waals surface area contributed by atoms with E-state index in [0.717, 1.165) is 5.56 Å². The van der Waals surface area contributed by atoms with E-state index in [2.05, 4.69) is 5.32 Å². The van der Waals surface area contributed by atoms with Crippen LogP contribution in [0, 0.1) is 5.82 Å². The van der Waals surface area contributed by atoms with Crippen molar-refractivity contribution in [3.05, 3.63) is 100 Å². The summed E-state index contributed by atoms with van der Waals surface area (Å²) in [4.78, 5) is 14.2. The molecule has 3 N–H and O–H groups in total. The zero-order valence-corrected chi connectivity index (χ0v) is 27.7. The van der Waals surface area contributed by atoms with Crippen LogP contribution in [0.4, 0.5) is 4.39 Å². The Balaban J connectivity index is 1.39. The second-order valence-corrected chi connectivity index (χ2v) is 15.0. The number of hydrogen-bond acceptors (Lipinski definition) is 6. The first-order chi connectivity index (χ1) is 21.4. The maximum Gasteiger partial charge on any atom is 0.243 e. The summed E-state index contributed by atoms with van der Waals surface area (Å²) in [7, 11) is -3.76. The van der Waals surface area contributed by atoms with Gasteiger partial charge in [-0.25, -0.2) is 12.8 Å². The lowest BCUT2D eigenvalue weighted by Gasteiger charge is -2.46. The molecule has 0 aromatic heterocycles. The van der Waals surface area contributed by atoms with Gasteiger partial charge in [-0.2, -0.15) is 4.31 Å². The summed E-state index contributed by atoms with van der Waals surface area (Å²) in [6.45, 7) is 6.83. The molecule has 2 heterocycles. The molecule has 7 nitrogen and oxygen atoms in total. The van der Waals surface area contributed by atoms with Crippen LogP contribution in [0.15, 0.2) is 77.7 Å².